The lowest BCUT2D eigenvalue weighted by Gasteiger charge is -2.09. The Morgan fingerprint density at radius 3 is 2.85 bits per heavy atom. The Morgan fingerprint density at radius 2 is 2.20 bits per heavy atom. The van der Waals surface area contributed by atoms with Crippen LogP contribution in [0.15, 0.2) is 21.5 Å². The van der Waals surface area contributed by atoms with Gasteiger partial charge in [0.15, 0.2) is 0 Å². The maximum absolute atomic E-state index is 12.0. The Labute approximate surface area is 122 Å². The van der Waals surface area contributed by atoms with Gasteiger partial charge in [0.25, 0.3) is 10.0 Å². The quantitative estimate of drug-likeness (QED) is 0.615. The van der Waals surface area contributed by atoms with E-state index in [1.165, 1.54) is 12.1 Å². The number of primary amides is 1. The average Bonchev–Trinajstić information content (AvgIpc) is 2.66. The number of anilines is 1. The fraction of sp³-hybridized carbons (Fsp3) is 0.200. The van der Waals surface area contributed by atoms with Crippen LogP contribution in [0.3, 0.4) is 0 Å². The Balaban J connectivity index is 2.26. The molecule has 108 valence electrons. The molecule has 4 N–H and O–H groups in total. The zero-order valence-corrected chi connectivity index (χ0v) is 12.4. The molecule has 2 rings (SSSR count). The van der Waals surface area contributed by atoms with Crippen LogP contribution in [0.2, 0.25) is 0 Å². The predicted octanol–water partition coefficient (Wildman–Crippen LogP) is -0.361. The molecular weight excluding hydrogens is 354 g/mol. The van der Waals surface area contributed by atoms with Crippen molar-refractivity contribution in [1.82, 2.24) is 4.89 Å². The van der Waals surface area contributed by atoms with Crippen LogP contribution in [0.25, 0.3) is 0 Å². The number of fused-ring (bicyclic) bond motifs is 1. The largest absolute Gasteiger partial charge is 0.368 e. The van der Waals surface area contributed by atoms with Crippen LogP contribution >= 0.6 is 15.9 Å². The third-order valence-electron chi connectivity index (χ3n) is 2.46. The summed E-state index contributed by atoms with van der Waals surface area (Å²) in [5.74, 6) is -1.02. The summed E-state index contributed by atoms with van der Waals surface area (Å²) in [4.78, 5) is 27.9. The molecular formula is C10H10BrN3O5S. The lowest BCUT2D eigenvalue weighted by molar-refractivity contribution is -0.123. The van der Waals surface area contributed by atoms with Crippen LogP contribution in [0.4, 0.5) is 5.69 Å². The molecule has 0 saturated heterocycles. The van der Waals surface area contributed by atoms with Crippen molar-refractivity contribution >= 4 is 43.5 Å². The second-order valence-corrected chi connectivity index (χ2v) is 6.47. The van der Waals surface area contributed by atoms with Gasteiger partial charge in [0.1, 0.15) is 6.61 Å². The van der Waals surface area contributed by atoms with Crippen LogP contribution in [0, 0.1) is 0 Å². The minimum absolute atomic E-state index is 0.0998. The number of nitrogens with two attached hydrogens (primary N) is 1. The molecule has 1 aromatic carbocycles. The molecule has 0 radical (unpaired) electrons. The van der Waals surface area contributed by atoms with E-state index in [1.807, 2.05) is 0 Å². The monoisotopic (exact) mass is 363 g/mol. The van der Waals surface area contributed by atoms with E-state index in [4.69, 9.17) is 5.73 Å². The van der Waals surface area contributed by atoms with Crippen LogP contribution in [-0.2, 0) is 30.9 Å². The highest BCUT2D eigenvalue weighted by atomic mass is 79.9. The number of sulfonamides is 1. The zero-order chi connectivity index (χ0) is 14.9. The van der Waals surface area contributed by atoms with E-state index in [-0.39, 0.29) is 21.7 Å². The average molecular weight is 364 g/mol. The second-order valence-electron chi connectivity index (χ2n) is 4.01. The molecule has 1 aromatic rings. The van der Waals surface area contributed by atoms with Gasteiger partial charge in [-0.1, -0.05) is 4.89 Å². The number of benzene rings is 1. The highest BCUT2D eigenvalue weighted by Gasteiger charge is 2.25. The number of halogens is 1. The first-order chi connectivity index (χ1) is 9.29. The molecule has 1 aliphatic heterocycles. The van der Waals surface area contributed by atoms with Crippen molar-refractivity contribution in [3.8, 4) is 0 Å². The fourth-order valence-corrected chi connectivity index (χ4v) is 3.55. The first kappa shape index (κ1) is 14.9. The molecule has 8 nitrogen and oxygen atoms in total. The molecule has 0 atom stereocenters. The van der Waals surface area contributed by atoms with Crippen LogP contribution < -0.4 is 15.9 Å². The predicted molar refractivity (Wildman–Crippen MR) is 71.9 cm³/mol. The topological polar surface area (TPSA) is 128 Å². The van der Waals surface area contributed by atoms with Gasteiger partial charge in [-0.25, -0.2) is 8.42 Å². The minimum atomic E-state index is -3.99. The summed E-state index contributed by atoms with van der Waals surface area (Å²) < 4.78 is 24.2. The molecule has 1 aliphatic rings. The molecule has 2 amide bonds. The second kappa shape index (κ2) is 5.48. The molecule has 0 aromatic heterocycles. The van der Waals surface area contributed by atoms with E-state index in [9.17, 15) is 18.0 Å². The Hall–Kier alpha value is -1.49. The van der Waals surface area contributed by atoms with E-state index >= 15 is 0 Å². The van der Waals surface area contributed by atoms with E-state index in [0.29, 0.717) is 11.3 Å². The summed E-state index contributed by atoms with van der Waals surface area (Å²) in [7, 11) is -3.99. The van der Waals surface area contributed by atoms with Crippen molar-refractivity contribution in [1.29, 1.82) is 0 Å². The molecule has 20 heavy (non-hydrogen) atoms. The van der Waals surface area contributed by atoms with Gasteiger partial charge in [0.05, 0.1) is 11.3 Å². The van der Waals surface area contributed by atoms with Gasteiger partial charge in [-0.3, -0.25) is 14.4 Å². The third kappa shape index (κ3) is 3.15. The lowest BCUT2D eigenvalue weighted by atomic mass is 10.2. The van der Waals surface area contributed by atoms with Crippen molar-refractivity contribution in [3.05, 3.63) is 22.2 Å². The van der Waals surface area contributed by atoms with Gasteiger partial charge in [-0.05, 0) is 33.6 Å². The normalized spacial score (nSPS) is 13.9. The summed E-state index contributed by atoms with van der Waals surface area (Å²) >= 11 is 3.11. The minimum Gasteiger partial charge on any atom is -0.368 e. The standard InChI is InChI=1S/C10H10BrN3O5S/c11-6-3-7-5(2-10(16)13-7)1-8(6)20(17,18)14-19-4-9(12)15/h1,3,14H,2,4H2,(H2,12,15)(H,13,16). The maximum atomic E-state index is 12.0. The highest BCUT2D eigenvalue weighted by Crippen LogP contribution is 2.32. The summed E-state index contributed by atoms with van der Waals surface area (Å²) in [6.07, 6.45) is 0.104. The Kier molecular flexibility index (Phi) is 4.09. The summed E-state index contributed by atoms with van der Waals surface area (Å²) in [5.41, 5.74) is 5.94. The zero-order valence-electron chi connectivity index (χ0n) is 9.97. The van der Waals surface area contributed by atoms with Crippen molar-refractivity contribution in [2.24, 2.45) is 5.73 Å². The lowest BCUT2D eigenvalue weighted by Crippen LogP contribution is -2.29. The van der Waals surface area contributed by atoms with Crippen molar-refractivity contribution in [3.63, 3.8) is 0 Å². The van der Waals surface area contributed by atoms with E-state index in [2.05, 4.69) is 26.1 Å². The molecule has 0 aliphatic carbocycles. The SMILES string of the molecule is NC(=O)CONS(=O)(=O)c1cc2c(cc1Br)NC(=O)C2. The molecule has 0 unspecified atom stereocenters. The number of rotatable bonds is 5. The van der Waals surface area contributed by atoms with Gasteiger partial charge < -0.3 is 11.1 Å². The van der Waals surface area contributed by atoms with Gasteiger partial charge in [0, 0.05) is 10.2 Å². The maximum Gasteiger partial charge on any atom is 0.263 e. The molecule has 0 saturated carbocycles. The van der Waals surface area contributed by atoms with Crippen LogP contribution in [-0.4, -0.2) is 26.8 Å². The van der Waals surface area contributed by atoms with Gasteiger partial charge >= 0.3 is 0 Å². The van der Waals surface area contributed by atoms with Gasteiger partial charge in [-0.2, -0.15) is 0 Å². The van der Waals surface area contributed by atoms with Crippen molar-refractivity contribution < 1.29 is 22.8 Å². The first-order valence-corrected chi connectivity index (χ1v) is 7.61. The molecule has 10 heteroatoms. The third-order valence-corrected chi connectivity index (χ3v) is 4.63. The number of hydrogen-bond donors (Lipinski definition) is 3. The number of nitrogens with one attached hydrogen (secondary N) is 2. The Bertz CT molecular complexity index is 688. The van der Waals surface area contributed by atoms with Gasteiger partial charge in [-0.15, -0.1) is 0 Å². The van der Waals surface area contributed by atoms with Crippen molar-refractivity contribution in [2.45, 2.75) is 11.3 Å². The van der Waals surface area contributed by atoms with Gasteiger partial charge in [0.2, 0.25) is 11.8 Å². The smallest absolute Gasteiger partial charge is 0.263 e. The van der Waals surface area contributed by atoms with E-state index < -0.39 is 22.5 Å². The number of hydrogen-bond acceptors (Lipinski definition) is 5. The molecule has 1 heterocycles. The number of amides is 2. The van der Waals surface area contributed by atoms with Crippen molar-refractivity contribution in [2.75, 3.05) is 11.9 Å². The Morgan fingerprint density at radius 1 is 1.50 bits per heavy atom. The summed E-state index contributed by atoms with van der Waals surface area (Å²) in [6.45, 7) is -0.582. The highest BCUT2D eigenvalue weighted by molar-refractivity contribution is 9.10. The fourth-order valence-electron chi connectivity index (χ4n) is 1.65. The van der Waals surface area contributed by atoms with Crippen LogP contribution in [0.5, 0.6) is 0 Å². The summed E-state index contributed by atoms with van der Waals surface area (Å²) in [5, 5.41) is 2.60. The first-order valence-electron chi connectivity index (χ1n) is 5.34. The number of carbonyl (C=O) groups excluding carboxylic acids is 2. The van der Waals surface area contributed by atoms with E-state index in [1.54, 1.807) is 4.89 Å². The van der Waals surface area contributed by atoms with E-state index in [0.717, 1.165) is 0 Å². The molecule has 0 fully saturated rings. The molecule has 0 bridgehead atoms. The summed E-state index contributed by atoms with van der Waals surface area (Å²) in [6, 6.07) is 2.84. The molecule has 0 spiro atoms. The van der Waals surface area contributed by atoms with Crippen LogP contribution in [0.1, 0.15) is 5.56 Å². The number of carbonyl (C=O) groups is 2.